The quantitative estimate of drug-likeness (QED) is 0.668. The first-order valence-corrected chi connectivity index (χ1v) is 5.16. The number of hydrogen-bond acceptors (Lipinski definition) is 4. The molecule has 0 aromatic carbocycles. The van der Waals surface area contributed by atoms with Crippen molar-refractivity contribution in [2.75, 3.05) is 26.8 Å². The lowest BCUT2D eigenvalue weighted by Crippen LogP contribution is -2.47. The zero-order chi connectivity index (χ0) is 10.6. The number of ether oxygens (including phenoxy) is 2. The lowest BCUT2D eigenvalue weighted by Gasteiger charge is -2.26. The number of aliphatic hydroxyl groups is 1. The van der Waals surface area contributed by atoms with Gasteiger partial charge in [-0.25, -0.2) is 0 Å². The van der Waals surface area contributed by atoms with Crippen LogP contribution in [0.15, 0.2) is 0 Å². The van der Waals surface area contributed by atoms with Crippen LogP contribution in [-0.2, 0) is 9.47 Å². The van der Waals surface area contributed by atoms with Gasteiger partial charge in [0.25, 0.3) is 0 Å². The van der Waals surface area contributed by atoms with E-state index in [9.17, 15) is 5.11 Å². The zero-order valence-electron chi connectivity index (χ0n) is 9.25. The van der Waals surface area contributed by atoms with E-state index < -0.39 is 5.60 Å². The van der Waals surface area contributed by atoms with Gasteiger partial charge in [0.1, 0.15) is 5.60 Å². The highest BCUT2D eigenvalue weighted by molar-refractivity contribution is 4.91. The Morgan fingerprint density at radius 2 is 2.43 bits per heavy atom. The molecule has 2 N–H and O–H groups in total. The van der Waals surface area contributed by atoms with E-state index >= 15 is 0 Å². The molecule has 0 aromatic heterocycles. The van der Waals surface area contributed by atoms with Gasteiger partial charge in [0.15, 0.2) is 0 Å². The van der Waals surface area contributed by atoms with E-state index in [2.05, 4.69) is 5.32 Å². The van der Waals surface area contributed by atoms with E-state index in [1.807, 2.05) is 13.8 Å². The molecular weight excluding hydrogens is 182 g/mol. The molecular formula is C10H21NO3. The van der Waals surface area contributed by atoms with Crippen LogP contribution in [0, 0.1) is 0 Å². The number of hydrogen-bond donors (Lipinski definition) is 2. The molecule has 1 saturated heterocycles. The van der Waals surface area contributed by atoms with Crippen molar-refractivity contribution in [2.24, 2.45) is 0 Å². The summed E-state index contributed by atoms with van der Waals surface area (Å²) >= 11 is 0. The van der Waals surface area contributed by atoms with Crippen molar-refractivity contribution < 1.29 is 14.6 Å². The highest BCUT2D eigenvalue weighted by Gasteiger charge is 2.38. The number of rotatable bonds is 5. The Morgan fingerprint density at radius 3 is 2.93 bits per heavy atom. The van der Waals surface area contributed by atoms with Crippen molar-refractivity contribution >= 4 is 0 Å². The summed E-state index contributed by atoms with van der Waals surface area (Å²) in [6.07, 6.45) is 0.812. The minimum absolute atomic E-state index is 0.0761. The molecule has 1 heterocycles. The molecule has 1 aliphatic heterocycles. The van der Waals surface area contributed by atoms with Crippen molar-refractivity contribution in [1.29, 1.82) is 0 Å². The Kier molecular flexibility index (Phi) is 4.31. The van der Waals surface area contributed by atoms with E-state index in [1.165, 1.54) is 0 Å². The fraction of sp³-hybridized carbons (Fsp3) is 1.00. The highest BCUT2D eigenvalue weighted by atomic mass is 16.5. The van der Waals surface area contributed by atoms with Gasteiger partial charge in [0.05, 0.1) is 12.2 Å². The summed E-state index contributed by atoms with van der Waals surface area (Å²) in [5.41, 5.74) is -0.701. The van der Waals surface area contributed by atoms with Gasteiger partial charge in [-0.15, -0.1) is 0 Å². The van der Waals surface area contributed by atoms with Crippen LogP contribution in [0.5, 0.6) is 0 Å². The Balaban J connectivity index is 2.23. The molecule has 0 radical (unpaired) electrons. The Hall–Kier alpha value is -0.160. The molecule has 1 fully saturated rings. The molecule has 1 aliphatic rings. The first-order valence-electron chi connectivity index (χ1n) is 5.16. The van der Waals surface area contributed by atoms with Crippen molar-refractivity contribution in [3.63, 3.8) is 0 Å². The summed E-state index contributed by atoms with van der Waals surface area (Å²) in [5, 5.41) is 13.3. The fourth-order valence-corrected chi connectivity index (χ4v) is 1.58. The largest absolute Gasteiger partial charge is 0.386 e. The molecule has 84 valence electrons. The molecule has 4 heteroatoms. The predicted octanol–water partition coefficient (Wildman–Crippen LogP) is 0.151. The third kappa shape index (κ3) is 2.92. The molecule has 3 unspecified atom stereocenters. The summed E-state index contributed by atoms with van der Waals surface area (Å²) in [6.45, 7) is 5.88. The van der Waals surface area contributed by atoms with Gasteiger partial charge < -0.3 is 19.9 Å². The average Bonchev–Trinajstić information content (AvgIpc) is 2.47. The second-order valence-corrected chi connectivity index (χ2v) is 4.04. The van der Waals surface area contributed by atoms with Crippen LogP contribution < -0.4 is 5.32 Å². The molecule has 0 aromatic rings. The maximum absolute atomic E-state index is 10.1. The maximum Gasteiger partial charge on any atom is 0.105 e. The van der Waals surface area contributed by atoms with Gasteiger partial charge >= 0.3 is 0 Å². The van der Waals surface area contributed by atoms with Gasteiger partial charge in [-0.2, -0.15) is 0 Å². The highest BCUT2D eigenvalue weighted by Crippen LogP contribution is 2.24. The summed E-state index contributed by atoms with van der Waals surface area (Å²) in [4.78, 5) is 0. The Bertz CT molecular complexity index is 177. The molecule has 0 spiro atoms. The van der Waals surface area contributed by atoms with Crippen molar-refractivity contribution in [3.05, 3.63) is 0 Å². The van der Waals surface area contributed by atoms with E-state index in [0.717, 1.165) is 6.54 Å². The third-order valence-electron chi connectivity index (χ3n) is 2.92. The lowest BCUT2D eigenvalue weighted by atomic mass is 9.97. The smallest absolute Gasteiger partial charge is 0.105 e. The summed E-state index contributed by atoms with van der Waals surface area (Å²) < 4.78 is 10.4. The second-order valence-electron chi connectivity index (χ2n) is 4.04. The molecule has 0 bridgehead atoms. The topological polar surface area (TPSA) is 50.7 Å². The minimum atomic E-state index is -0.701. The molecule has 3 atom stereocenters. The third-order valence-corrected chi connectivity index (χ3v) is 2.92. The van der Waals surface area contributed by atoms with Crippen molar-refractivity contribution in [3.8, 4) is 0 Å². The van der Waals surface area contributed by atoms with Crippen LogP contribution in [0.4, 0.5) is 0 Å². The van der Waals surface area contributed by atoms with E-state index in [4.69, 9.17) is 9.47 Å². The van der Waals surface area contributed by atoms with E-state index in [0.29, 0.717) is 19.6 Å². The Morgan fingerprint density at radius 1 is 1.71 bits per heavy atom. The maximum atomic E-state index is 10.1. The SMILES string of the molecule is COC(C)CNCC1(O)CCOC1C. The molecule has 1 rings (SSSR count). The first-order chi connectivity index (χ1) is 6.58. The first kappa shape index (κ1) is 11.9. The fourth-order valence-electron chi connectivity index (χ4n) is 1.58. The molecule has 0 saturated carbocycles. The standard InChI is InChI=1S/C10H21NO3/c1-8(13-3)6-11-7-10(12)4-5-14-9(10)2/h8-9,11-12H,4-7H2,1-3H3. The number of nitrogens with one attached hydrogen (secondary N) is 1. The monoisotopic (exact) mass is 203 g/mol. The molecule has 0 aliphatic carbocycles. The Labute approximate surface area is 85.6 Å². The van der Waals surface area contributed by atoms with E-state index in [1.54, 1.807) is 7.11 Å². The second kappa shape index (κ2) is 5.07. The summed E-state index contributed by atoms with van der Waals surface area (Å²) in [7, 11) is 1.68. The van der Waals surface area contributed by atoms with Gasteiger partial charge in [-0.3, -0.25) is 0 Å². The molecule has 4 nitrogen and oxygen atoms in total. The van der Waals surface area contributed by atoms with E-state index in [-0.39, 0.29) is 12.2 Å². The van der Waals surface area contributed by atoms with Crippen LogP contribution in [0.2, 0.25) is 0 Å². The summed E-state index contributed by atoms with van der Waals surface area (Å²) in [5.74, 6) is 0. The van der Waals surface area contributed by atoms with Crippen molar-refractivity contribution in [2.45, 2.75) is 38.1 Å². The van der Waals surface area contributed by atoms with Crippen molar-refractivity contribution in [1.82, 2.24) is 5.32 Å². The predicted molar refractivity (Wildman–Crippen MR) is 54.3 cm³/mol. The lowest BCUT2D eigenvalue weighted by molar-refractivity contribution is -0.0277. The van der Waals surface area contributed by atoms with Gasteiger partial charge in [-0.1, -0.05) is 0 Å². The average molecular weight is 203 g/mol. The van der Waals surface area contributed by atoms with Gasteiger partial charge in [-0.05, 0) is 13.8 Å². The number of methoxy groups -OCH3 is 1. The van der Waals surface area contributed by atoms with Crippen LogP contribution in [0.1, 0.15) is 20.3 Å². The molecule has 14 heavy (non-hydrogen) atoms. The van der Waals surface area contributed by atoms with Crippen LogP contribution in [0.25, 0.3) is 0 Å². The van der Waals surface area contributed by atoms with Crippen LogP contribution >= 0.6 is 0 Å². The van der Waals surface area contributed by atoms with Crippen LogP contribution in [0.3, 0.4) is 0 Å². The zero-order valence-corrected chi connectivity index (χ0v) is 9.25. The minimum Gasteiger partial charge on any atom is -0.386 e. The summed E-state index contributed by atoms with van der Waals surface area (Å²) in [6, 6.07) is 0. The van der Waals surface area contributed by atoms with Gasteiger partial charge in [0, 0.05) is 33.2 Å². The normalized spacial score (nSPS) is 34.7. The van der Waals surface area contributed by atoms with Crippen LogP contribution in [-0.4, -0.2) is 49.7 Å². The van der Waals surface area contributed by atoms with Gasteiger partial charge in [0.2, 0.25) is 0 Å². The molecule has 0 amide bonds.